The minimum absolute atomic E-state index is 0.299. The topological polar surface area (TPSA) is 79.7 Å². The van der Waals surface area contributed by atoms with E-state index in [1.807, 2.05) is 13.8 Å². The molecule has 5 nitrogen and oxygen atoms in total. The summed E-state index contributed by atoms with van der Waals surface area (Å²) < 4.78 is 16.0. The van der Waals surface area contributed by atoms with Crippen LogP contribution in [0.25, 0.3) is 0 Å². The quantitative estimate of drug-likeness (QED) is 0.599. The number of nitrogens with two attached hydrogens (primary N) is 2. The molecule has 0 aromatic heterocycles. The Morgan fingerprint density at radius 2 is 1.13 bits per heavy atom. The smallest absolute Gasteiger partial charge is 0.160 e. The molecule has 5 heteroatoms. The Morgan fingerprint density at radius 3 is 1.40 bits per heavy atom. The van der Waals surface area contributed by atoms with Crippen LogP contribution in [-0.2, 0) is 14.2 Å². The Labute approximate surface area is 92.0 Å². The van der Waals surface area contributed by atoms with Gasteiger partial charge in [-0.1, -0.05) is 13.8 Å². The highest BCUT2D eigenvalue weighted by atomic mass is 16.8. The molecular weight excluding hydrogens is 196 g/mol. The van der Waals surface area contributed by atoms with Crippen molar-refractivity contribution in [2.45, 2.75) is 65.6 Å². The zero-order chi connectivity index (χ0) is 11.8. The van der Waals surface area contributed by atoms with E-state index in [0.29, 0.717) is 0 Å². The number of rotatable bonds is 8. The molecule has 4 atom stereocenters. The lowest BCUT2D eigenvalue weighted by molar-refractivity contribution is -0.255. The molecule has 0 bridgehead atoms. The van der Waals surface area contributed by atoms with Gasteiger partial charge in [-0.15, -0.1) is 0 Å². The normalized spacial score (nSPS) is 19.6. The van der Waals surface area contributed by atoms with Crippen LogP contribution >= 0.6 is 0 Å². The number of ether oxygens (including phenoxy) is 3. The third kappa shape index (κ3) is 7.70. The highest BCUT2D eigenvalue weighted by Gasteiger charge is 2.13. The first-order chi connectivity index (χ1) is 6.99. The van der Waals surface area contributed by atoms with Crippen molar-refractivity contribution in [2.75, 3.05) is 0 Å². The summed E-state index contributed by atoms with van der Waals surface area (Å²) in [6.07, 6.45) is 0.117. The van der Waals surface area contributed by atoms with Gasteiger partial charge in [0.25, 0.3) is 0 Å². The summed E-state index contributed by atoms with van der Waals surface area (Å²) in [6, 6.07) is 0. The minimum atomic E-state index is -0.390. The van der Waals surface area contributed by atoms with Gasteiger partial charge in [-0.2, -0.15) is 0 Å². The standard InChI is InChI=1S/C10H24N2O3/c1-5-9(11)14-7(3)13-8(4)15-10(12)6-2/h7-10H,5-6,11-12H2,1-4H3. The zero-order valence-corrected chi connectivity index (χ0v) is 10.1. The van der Waals surface area contributed by atoms with Gasteiger partial charge < -0.3 is 25.7 Å². The molecule has 92 valence electrons. The summed E-state index contributed by atoms with van der Waals surface area (Å²) in [5.74, 6) is 0. The van der Waals surface area contributed by atoms with Crippen molar-refractivity contribution in [1.82, 2.24) is 0 Å². The molecule has 0 aromatic rings. The SMILES string of the molecule is CCC(N)OC(C)OC(C)OC(N)CC. The highest BCUT2D eigenvalue weighted by Crippen LogP contribution is 2.06. The van der Waals surface area contributed by atoms with E-state index < -0.39 is 0 Å². The molecule has 0 aliphatic rings. The zero-order valence-electron chi connectivity index (χ0n) is 10.1. The molecule has 0 saturated carbocycles. The largest absolute Gasteiger partial charge is 0.335 e. The summed E-state index contributed by atoms with van der Waals surface area (Å²) in [7, 11) is 0. The van der Waals surface area contributed by atoms with Crippen molar-refractivity contribution < 1.29 is 14.2 Å². The molecule has 0 amide bonds. The van der Waals surface area contributed by atoms with Gasteiger partial charge in [0.2, 0.25) is 0 Å². The second-order valence-corrected chi connectivity index (χ2v) is 3.44. The fourth-order valence-electron chi connectivity index (χ4n) is 1.02. The monoisotopic (exact) mass is 220 g/mol. The average Bonchev–Trinajstić information content (AvgIpc) is 2.16. The van der Waals surface area contributed by atoms with E-state index in [0.717, 1.165) is 12.8 Å². The molecule has 0 heterocycles. The molecule has 0 fully saturated rings. The Bertz CT molecular complexity index is 142. The molecule has 4 unspecified atom stereocenters. The van der Waals surface area contributed by atoms with Crippen molar-refractivity contribution >= 4 is 0 Å². The van der Waals surface area contributed by atoms with Gasteiger partial charge in [0, 0.05) is 0 Å². The van der Waals surface area contributed by atoms with E-state index in [9.17, 15) is 0 Å². The van der Waals surface area contributed by atoms with Crippen LogP contribution in [0.5, 0.6) is 0 Å². The third-order valence-corrected chi connectivity index (χ3v) is 1.92. The lowest BCUT2D eigenvalue weighted by Crippen LogP contribution is -2.34. The Kier molecular flexibility index (Phi) is 7.90. The van der Waals surface area contributed by atoms with Crippen LogP contribution in [-0.4, -0.2) is 25.0 Å². The van der Waals surface area contributed by atoms with E-state index in [-0.39, 0.29) is 25.0 Å². The molecular formula is C10H24N2O3. The first-order valence-corrected chi connectivity index (χ1v) is 5.47. The van der Waals surface area contributed by atoms with Gasteiger partial charge in [-0.05, 0) is 26.7 Å². The fourth-order valence-corrected chi connectivity index (χ4v) is 1.02. The predicted octanol–water partition coefficient (Wildman–Crippen LogP) is 1.12. The van der Waals surface area contributed by atoms with E-state index in [1.165, 1.54) is 0 Å². The van der Waals surface area contributed by atoms with Crippen molar-refractivity contribution in [3.05, 3.63) is 0 Å². The number of hydrogen-bond donors (Lipinski definition) is 2. The molecule has 0 aliphatic carbocycles. The van der Waals surface area contributed by atoms with Crippen molar-refractivity contribution in [1.29, 1.82) is 0 Å². The van der Waals surface area contributed by atoms with E-state index in [2.05, 4.69) is 0 Å². The van der Waals surface area contributed by atoms with Gasteiger partial charge >= 0.3 is 0 Å². The lowest BCUT2D eigenvalue weighted by atomic mass is 10.4. The molecule has 15 heavy (non-hydrogen) atoms. The van der Waals surface area contributed by atoms with E-state index in [1.54, 1.807) is 13.8 Å². The van der Waals surface area contributed by atoms with E-state index in [4.69, 9.17) is 25.7 Å². The average molecular weight is 220 g/mol. The second kappa shape index (κ2) is 8.01. The maximum Gasteiger partial charge on any atom is 0.160 e. The van der Waals surface area contributed by atoms with Crippen molar-refractivity contribution in [3.63, 3.8) is 0 Å². The van der Waals surface area contributed by atoms with Crippen LogP contribution in [0.1, 0.15) is 40.5 Å². The second-order valence-electron chi connectivity index (χ2n) is 3.44. The summed E-state index contributed by atoms with van der Waals surface area (Å²) >= 11 is 0. The van der Waals surface area contributed by atoms with Crippen LogP contribution in [0.15, 0.2) is 0 Å². The summed E-state index contributed by atoms with van der Waals surface area (Å²) in [6.45, 7) is 7.47. The maximum atomic E-state index is 5.61. The van der Waals surface area contributed by atoms with Crippen molar-refractivity contribution in [3.8, 4) is 0 Å². The molecule has 0 aromatic carbocycles. The van der Waals surface area contributed by atoms with Gasteiger partial charge in [0.1, 0.15) is 12.5 Å². The van der Waals surface area contributed by atoms with Crippen LogP contribution in [0, 0.1) is 0 Å². The molecule has 0 rings (SSSR count). The molecule has 0 aliphatic heterocycles. The summed E-state index contributed by atoms with van der Waals surface area (Å²) in [4.78, 5) is 0. The fraction of sp³-hybridized carbons (Fsp3) is 1.00. The van der Waals surface area contributed by atoms with Gasteiger partial charge in [-0.3, -0.25) is 0 Å². The first kappa shape index (κ1) is 14.8. The molecule has 4 N–H and O–H groups in total. The summed E-state index contributed by atoms with van der Waals surface area (Å²) in [5, 5.41) is 0. The molecule has 0 spiro atoms. The predicted molar refractivity (Wildman–Crippen MR) is 58.7 cm³/mol. The molecule has 0 radical (unpaired) electrons. The Balaban J connectivity index is 3.70. The van der Waals surface area contributed by atoms with Crippen LogP contribution in [0.2, 0.25) is 0 Å². The van der Waals surface area contributed by atoms with Crippen LogP contribution < -0.4 is 11.5 Å². The third-order valence-electron chi connectivity index (χ3n) is 1.92. The summed E-state index contributed by atoms with van der Waals surface area (Å²) in [5.41, 5.74) is 11.2. The Morgan fingerprint density at radius 1 is 0.800 bits per heavy atom. The van der Waals surface area contributed by atoms with Gasteiger partial charge in [-0.25, -0.2) is 0 Å². The van der Waals surface area contributed by atoms with Crippen LogP contribution in [0.4, 0.5) is 0 Å². The highest BCUT2D eigenvalue weighted by molar-refractivity contribution is 4.46. The first-order valence-electron chi connectivity index (χ1n) is 5.47. The minimum Gasteiger partial charge on any atom is -0.335 e. The maximum absolute atomic E-state index is 5.61. The van der Waals surface area contributed by atoms with Crippen LogP contribution in [0.3, 0.4) is 0 Å². The van der Waals surface area contributed by atoms with Gasteiger partial charge in [0.15, 0.2) is 12.6 Å². The van der Waals surface area contributed by atoms with E-state index >= 15 is 0 Å². The van der Waals surface area contributed by atoms with Gasteiger partial charge in [0.05, 0.1) is 0 Å². The van der Waals surface area contributed by atoms with Crippen molar-refractivity contribution in [2.24, 2.45) is 11.5 Å². The Hall–Kier alpha value is -0.200. The lowest BCUT2D eigenvalue weighted by Gasteiger charge is -2.24. The molecule has 0 saturated heterocycles. The number of hydrogen-bond acceptors (Lipinski definition) is 5.